The van der Waals surface area contributed by atoms with Crippen LogP contribution >= 0.6 is 11.7 Å². The van der Waals surface area contributed by atoms with Crippen LogP contribution in [0.15, 0.2) is 0 Å². The molecular weight excluding hydrogens is 172 g/mol. The van der Waals surface area contributed by atoms with Crippen LogP contribution in [0.25, 0.3) is 0 Å². The molecule has 5 heteroatoms. The lowest BCUT2D eigenvalue weighted by Crippen LogP contribution is -2.43. The van der Waals surface area contributed by atoms with Crippen molar-refractivity contribution in [2.24, 2.45) is 0 Å². The summed E-state index contributed by atoms with van der Waals surface area (Å²) in [7, 11) is 0. The fourth-order valence-electron chi connectivity index (χ4n) is 1.39. The number of anilines is 1. The van der Waals surface area contributed by atoms with Crippen molar-refractivity contribution >= 4 is 17.5 Å². The van der Waals surface area contributed by atoms with Crippen molar-refractivity contribution in [2.45, 2.75) is 6.92 Å². The molecule has 0 radical (unpaired) electrons. The van der Waals surface area contributed by atoms with Gasteiger partial charge >= 0.3 is 0 Å². The lowest BCUT2D eigenvalue weighted by atomic mass is 10.3. The predicted molar refractivity (Wildman–Crippen MR) is 49.7 cm³/mol. The molecule has 66 valence electrons. The highest BCUT2D eigenvalue weighted by atomic mass is 32.1. The normalized spacial score (nSPS) is 18.2. The number of rotatable bonds is 1. The van der Waals surface area contributed by atoms with Crippen molar-refractivity contribution in [3.05, 3.63) is 5.69 Å². The maximum Gasteiger partial charge on any atom is 0.165 e. The molecule has 0 unspecified atom stereocenters. The lowest BCUT2D eigenvalue weighted by Gasteiger charge is -2.27. The number of hydrogen-bond donors (Lipinski definition) is 1. The summed E-state index contributed by atoms with van der Waals surface area (Å²) >= 11 is 1.30. The average molecular weight is 184 g/mol. The first-order valence-electron chi connectivity index (χ1n) is 4.13. The van der Waals surface area contributed by atoms with E-state index in [0.717, 1.165) is 37.7 Å². The summed E-state index contributed by atoms with van der Waals surface area (Å²) in [5.74, 6) is 1.07. The van der Waals surface area contributed by atoms with Gasteiger partial charge in [0.05, 0.1) is 17.4 Å². The molecule has 1 aliphatic heterocycles. The predicted octanol–water partition coefficient (Wildman–Crippen LogP) is 0.256. The molecule has 0 aromatic carbocycles. The minimum absolute atomic E-state index is 1.05. The van der Waals surface area contributed by atoms with E-state index in [2.05, 4.69) is 19.0 Å². The Labute approximate surface area is 75.9 Å². The van der Waals surface area contributed by atoms with E-state index in [-0.39, 0.29) is 0 Å². The average Bonchev–Trinajstić information content (AvgIpc) is 2.53. The number of hydrogen-bond acceptors (Lipinski definition) is 5. The molecule has 1 aromatic rings. The zero-order chi connectivity index (χ0) is 8.39. The standard InChI is InChI=1S/C7H12N4S/c1-6-7(10-12-9-6)11-4-2-8-3-5-11/h8H,2-5H2,1H3. The maximum atomic E-state index is 4.27. The van der Waals surface area contributed by atoms with Crippen molar-refractivity contribution < 1.29 is 0 Å². The molecule has 2 heterocycles. The Morgan fingerprint density at radius 2 is 2.08 bits per heavy atom. The van der Waals surface area contributed by atoms with Gasteiger partial charge in [-0.25, -0.2) is 0 Å². The van der Waals surface area contributed by atoms with E-state index in [4.69, 9.17) is 0 Å². The number of aryl methyl sites for hydroxylation is 1. The van der Waals surface area contributed by atoms with Gasteiger partial charge in [-0.1, -0.05) is 0 Å². The highest BCUT2D eigenvalue weighted by Gasteiger charge is 2.14. The third kappa shape index (κ3) is 1.42. The van der Waals surface area contributed by atoms with Crippen molar-refractivity contribution in [1.82, 2.24) is 14.1 Å². The molecule has 1 aromatic heterocycles. The van der Waals surface area contributed by atoms with Crippen LogP contribution in [0.2, 0.25) is 0 Å². The summed E-state index contributed by atoms with van der Waals surface area (Å²) in [6.07, 6.45) is 0. The fourth-order valence-corrected chi connectivity index (χ4v) is 1.96. The Morgan fingerprint density at radius 3 is 2.67 bits per heavy atom. The van der Waals surface area contributed by atoms with Gasteiger partial charge in [-0.05, 0) is 6.92 Å². The smallest absolute Gasteiger partial charge is 0.165 e. The molecule has 4 nitrogen and oxygen atoms in total. The van der Waals surface area contributed by atoms with Crippen LogP contribution in [0, 0.1) is 6.92 Å². The van der Waals surface area contributed by atoms with Crippen molar-refractivity contribution in [3.63, 3.8) is 0 Å². The number of nitrogens with zero attached hydrogens (tertiary/aromatic N) is 3. The van der Waals surface area contributed by atoms with E-state index in [9.17, 15) is 0 Å². The van der Waals surface area contributed by atoms with Gasteiger partial charge in [0.25, 0.3) is 0 Å². The molecule has 12 heavy (non-hydrogen) atoms. The molecule has 0 aliphatic carbocycles. The van der Waals surface area contributed by atoms with Crippen LogP contribution < -0.4 is 10.2 Å². The van der Waals surface area contributed by atoms with Gasteiger partial charge in [0.15, 0.2) is 5.82 Å². The zero-order valence-corrected chi connectivity index (χ0v) is 7.89. The van der Waals surface area contributed by atoms with Crippen molar-refractivity contribution in [3.8, 4) is 0 Å². The summed E-state index contributed by atoms with van der Waals surface area (Å²) in [5.41, 5.74) is 1.06. The minimum atomic E-state index is 1.05. The highest BCUT2D eigenvalue weighted by molar-refractivity contribution is 6.99. The molecule has 0 bridgehead atoms. The van der Waals surface area contributed by atoms with E-state index in [1.165, 1.54) is 11.7 Å². The van der Waals surface area contributed by atoms with Crippen LogP contribution in [0.1, 0.15) is 5.69 Å². The molecule has 1 saturated heterocycles. The Balaban J connectivity index is 2.13. The van der Waals surface area contributed by atoms with E-state index in [0.29, 0.717) is 0 Å². The van der Waals surface area contributed by atoms with Gasteiger partial charge in [0.1, 0.15) is 0 Å². The summed E-state index contributed by atoms with van der Waals surface area (Å²) in [6.45, 7) is 6.22. The van der Waals surface area contributed by atoms with Crippen LogP contribution in [0.4, 0.5) is 5.82 Å². The minimum Gasteiger partial charge on any atom is -0.352 e. The Bertz CT molecular complexity index is 254. The van der Waals surface area contributed by atoms with Crippen LogP contribution in [-0.2, 0) is 0 Å². The van der Waals surface area contributed by atoms with Gasteiger partial charge in [-0.15, -0.1) is 0 Å². The summed E-state index contributed by atoms with van der Waals surface area (Å²) in [6, 6.07) is 0. The van der Waals surface area contributed by atoms with Gasteiger partial charge in [0.2, 0.25) is 0 Å². The third-order valence-electron chi connectivity index (χ3n) is 2.05. The van der Waals surface area contributed by atoms with E-state index < -0.39 is 0 Å². The summed E-state index contributed by atoms with van der Waals surface area (Å²) in [5, 5.41) is 3.31. The zero-order valence-electron chi connectivity index (χ0n) is 7.08. The highest BCUT2D eigenvalue weighted by Crippen LogP contribution is 2.16. The van der Waals surface area contributed by atoms with Gasteiger partial charge in [-0.3, -0.25) is 0 Å². The number of piperazine rings is 1. The summed E-state index contributed by atoms with van der Waals surface area (Å²) < 4.78 is 8.43. The van der Waals surface area contributed by atoms with E-state index in [1.807, 2.05) is 6.92 Å². The Morgan fingerprint density at radius 1 is 1.33 bits per heavy atom. The van der Waals surface area contributed by atoms with E-state index >= 15 is 0 Å². The number of nitrogens with one attached hydrogen (secondary N) is 1. The Hall–Kier alpha value is -0.680. The lowest BCUT2D eigenvalue weighted by molar-refractivity contribution is 0.585. The first-order chi connectivity index (χ1) is 5.88. The van der Waals surface area contributed by atoms with Crippen LogP contribution in [0.3, 0.4) is 0 Å². The first kappa shape index (κ1) is 7.94. The summed E-state index contributed by atoms with van der Waals surface area (Å²) in [4.78, 5) is 2.29. The van der Waals surface area contributed by atoms with Gasteiger partial charge < -0.3 is 10.2 Å². The molecule has 1 fully saturated rings. The quantitative estimate of drug-likeness (QED) is 0.679. The topological polar surface area (TPSA) is 41.1 Å². The van der Waals surface area contributed by atoms with Gasteiger partial charge in [-0.2, -0.15) is 8.75 Å². The second kappa shape index (κ2) is 3.37. The molecule has 2 rings (SSSR count). The molecular formula is C7H12N4S. The Kier molecular flexibility index (Phi) is 2.23. The number of aromatic nitrogens is 2. The van der Waals surface area contributed by atoms with Crippen LogP contribution in [-0.4, -0.2) is 34.9 Å². The van der Waals surface area contributed by atoms with E-state index in [1.54, 1.807) is 0 Å². The molecule has 0 spiro atoms. The molecule has 0 atom stereocenters. The third-order valence-corrected chi connectivity index (χ3v) is 2.66. The van der Waals surface area contributed by atoms with Gasteiger partial charge in [0, 0.05) is 26.2 Å². The first-order valence-corrected chi connectivity index (χ1v) is 4.86. The molecule has 1 N–H and O–H groups in total. The monoisotopic (exact) mass is 184 g/mol. The van der Waals surface area contributed by atoms with Crippen molar-refractivity contribution in [1.29, 1.82) is 0 Å². The maximum absolute atomic E-state index is 4.27. The fraction of sp³-hybridized carbons (Fsp3) is 0.714. The van der Waals surface area contributed by atoms with Crippen molar-refractivity contribution in [2.75, 3.05) is 31.1 Å². The molecule has 0 saturated carbocycles. The second-order valence-corrected chi connectivity index (χ2v) is 3.44. The molecule has 0 amide bonds. The second-order valence-electron chi connectivity index (χ2n) is 2.91. The largest absolute Gasteiger partial charge is 0.352 e. The molecule has 1 aliphatic rings. The SMILES string of the molecule is Cc1nsnc1N1CCNCC1. The van der Waals surface area contributed by atoms with Crippen LogP contribution in [0.5, 0.6) is 0 Å².